The minimum absolute atomic E-state index is 0.660. The largest absolute Gasteiger partial charge is 0.399 e. The van der Waals surface area contributed by atoms with Crippen molar-refractivity contribution in [2.24, 2.45) is 0 Å². The van der Waals surface area contributed by atoms with Crippen LogP contribution in [0.15, 0.2) is 60.9 Å². The zero-order chi connectivity index (χ0) is 15.4. The van der Waals surface area contributed by atoms with Gasteiger partial charge >= 0.3 is 0 Å². The highest BCUT2D eigenvalue weighted by atomic mass is 15.1. The molecule has 0 saturated heterocycles. The Bertz CT molecular complexity index is 669. The van der Waals surface area contributed by atoms with Crippen LogP contribution in [-0.2, 0) is 0 Å². The van der Waals surface area contributed by atoms with Crippen LogP contribution in [0.4, 0.5) is 34.4 Å². The van der Waals surface area contributed by atoms with E-state index in [-0.39, 0.29) is 0 Å². The van der Waals surface area contributed by atoms with Gasteiger partial charge in [0.15, 0.2) is 0 Å². The normalized spacial score (nSPS) is 10.2. The Morgan fingerprint density at radius 3 is 1.27 bits per heavy atom. The Hall–Kier alpha value is -3.28. The topological polar surface area (TPSA) is 102 Å². The lowest BCUT2D eigenvalue weighted by molar-refractivity contribution is 1.19. The highest BCUT2D eigenvalue weighted by molar-refractivity contribution is 5.61. The van der Waals surface area contributed by atoms with E-state index in [4.69, 9.17) is 11.5 Å². The maximum Gasteiger partial charge on any atom is 0.149 e. The number of benzene rings is 2. The van der Waals surface area contributed by atoms with Crippen molar-refractivity contribution < 1.29 is 0 Å². The molecule has 6 heteroatoms. The van der Waals surface area contributed by atoms with Gasteiger partial charge in [-0.25, -0.2) is 9.97 Å². The molecule has 0 fully saturated rings. The maximum atomic E-state index is 5.65. The molecule has 1 heterocycles. The van der Waals surface area contributed by atoms with Gasteiger partial charge in [-0.15, -0.1) is 0 Å². The van der Waals surface area contributed by atoms with Gasteiger partial charge in [-0.3, -0.25) is 0 Å². The minimum Gasteiger partial charge on any atom is -0.399 e. The van der Waals surface area contributed by atoms with Crippen molar-refractivity contribution in [2.45, 2.75) is 0 Å². The lowest BCUT2D eigenvalue weighted by Crippen LogP contribution is -1.98. The average Bonchev–Trinajstić information content (AvgIpc) is 2.54. The zero-order valence-corrected chi connectivity index (χ0v) is 11.8. The van der Waals surface area contributed by atoms with E-state index < -0.39 is 0 Å². The van der Waals surface area contributed by atoms with Crippen molar-refractivity contribution in [3.8, 4) is 0 Å². The number of nitrogens with two attached hydrogens (primary N) is 2. The Kier molecular flexibility index (Phi) is 3.74. The SMILES string of the molecule is Nc1ccc(Nc2cnc(Nc3ccc(N)cc3)cn2)cc1. The second-order valence-electron chi connectivity index (χ2n) is 4.78. The van der Waals surface area contributed by atoms with Gasteiger partial charge in [0.2, 0.25) is 0 Å². The number of anilines is 6. The first kappa shape index (κ1) is 13.7. The van der Waals surface area contributed by atoms with Crippen LogP contribution in [0.2, 0.25) is 0 Å². The standard InChI is InChI=1S/C16H16N6/c17-11-1-5-13(6-2-11)21-15-9-20-16(10-19-15)22-14-7-3-12(18)4-8-14/h1-10H,17-18H2,(H,19,21)(H,20,22). The van der Waals surface area contributed by atoms with Gasteiger partial charge in [0.1, 0.15) is 11.6 Å². The second kappa shape index (κ2) is 6.01. The lowest BCUT2D eigenvalue weighted by Gasteiger charge is -2.08. The molecule has 0 bridgehead atoms. The molecule has 0 aliphatic heterocycles. The van der Waals surface area contributed by atoms with Crippen molar-refractivity contribution in [2.75, 3.05) is 22.1 Å². The first-order chi connectivity index (χ1) is 10.7. The molecule has 0 aliphatic carbocycles. The Morgan fingerprint density at radius 1 is 0.591 bits per heavy atom. The number of nitrogens with one attached hydrogen (secondary N) is 2. The molecule has 0 atom stereocenters. The van der Waals surface area contributed by atoms with Gasteiger partial charge in [-0.05, 0) is 48.5 Å². The van der Waals surface area contributed by atoms with Crippen LogP contribution in [0.5, 0.6) is 0 Å². The number of nitrogen functional groups attached to an aromatic ring is 2. The van der Waals surface area contributed by atoms with Crippen molar-refractivity contribution in [3.63, 3.8) is 0 Å². The molecular formula is C16H16N6. The summed E-state index contributed by atoms with van der Waals surface area (Å²) < 4.78 is 0. The van der Waals surface area contributed by atoms with E-state index in [0.29, 0.717) is 11.6 Å². The highest BCUT2D eigenvalue weighted by Gasteiger charge is 1.99. The predicted octanol–water partition coefficient (Wildman–Crippen LogP) is 3.13. The third-order valence-corrected chi connectivity index (χ3v) is 3.02. The fourth-order valence-electron chi connectivity index (χ4n) is 1.89. The molecule has 6 N–H and O–H groups in total. The van der Waals surface area contributed by atoms with Crippen LogP contribution in [0.3, 0.4) is 0 Å². The molecule has 3 rings (SSSR count). The van der Waals surface area contributed by atoms with E-state index >= 15 is 0 Å². The first-order valence-electron chi connectivity index (χ1n) is 6.76. The summed E-state index contributed by atoms with van der Waals surface area (Å²) in [5.41, 5.74) is 14.6. The smallest absolute Gasteiger partial charge is 0.149 e. The van der Waals surface area contributed by atoms with E-state index in [1.54, 1.807) is 12.4 Å². The molecule has 0 saturated carbocycles. The number of hydrogen-bond acceptors (Lipinski definition) is 6. The van der Waals surface area contributed by atoms with Crippen molar-refractivity contribution in [3.05, 3.63) is 60.9 Å². The zero-order valence-electron chi connectivity index (χ0n) is 11.8. The summed E-state index contributed by atoms with van der Waals surface area (Å²) in [5.74, 6) is 1.32. The van der Waals surface area contributed by atoms with Crippen LogP contribution in [0.1, 0.15) is 0 Å². The summed E-state index contributed by atoms with van der Waals surface area (Å²) in [4.78, 5) is 8.64. The van der Waals surface area contributed by atoms with Crippen molar-refractivity contribution in [1.29, 1.82) is 0 Å². The number of aromatic nitrogens is 2. The molecule has 6 nitrogen and oxygen atoms in total. The fourth-order valence-corrected chi connectivity index (χ4v) is 1.89. The third-order valence-electron chi connectivity index (χ3n) is 3.02. The van der Waals surface area contributed by atoms with Crippen LogP contribution in [0, 0.1) is 0 Å². The maximum absolute atomic E-state index is 5.65. The Labute approximate surface area is 128 Å². The quantitative estimate of drug-likeness (QED) is 0.551. The van der Waals surface area contributed by atoms with Crippen LogP contribution < -0.4 is 22.1 Å². The average molecular weight is 292 g/mol. The summed E-state index contributed by atoms with van der Waals surface area (Å²) in [5, 5.41) is 6.31. The molecule has 22 heavy (non-hydrogen) atoms. The van der Waals surface area contributed by atoms with Gasteiger partial charge in [-0.2, -0.15) is 0 Å². The number of rotatable bonds is 4. The van der Waals surface area contributed by atoms with E-state index in [2.05, 4.69) is 20.6 Å². The molecule has 0 radical (unpaired) electrons. The minimum atomic E-state index is 0.660. The van der Waals surface area contributed by atoms with Gasteiger partial charge in [0.25, 0.3) is 0 Å². The lowest BCUT2D eigenvalue weighted by atomic mass is 10.3. The number of nitrogens with zero attached hydrogens (tertiary/aromatic N) is 2. The molecule has 0 spiro atoms. The Morgan fingerprint density at radius 2 is 0.955 bits per heavy atom. The molecular weight excluding hydrogens is 276 g/mol. The van der Waals surface area contributed by atoms with Crippen LogP contribution in [-0.4, -0.2) is 9.97 Å². The van der Waals surface area contributed by atoms with Crippen molar-refractivity contribution in [1.82, 2.24) is 9.97 Å². The molecule has 0 amide bonds. The molecule has 1 aromatic heterocycles. The predicted molar refractivity (Wildman–Crippen MR) is 90.3 cm³/mol. The molecule has 110 valence electrons. The molecule has 0 unspecified atom stereocenters. The Balaban J connectivity index is 1.67. The third kappa shape index (κ3) is 3.43. The first-order valence-corrected chi connectivity index (χ1v) is 6.76. The second-order valence-corrected chi connectivity index (χ2v) is 4.78. The monoisotopic (exact) mass is 292 g/mol. The van der Waals surface area contributed by atoms with Crippen LogP contribution >= 0.6 is 0 Å². The van der Waals surface area contributed by atoms with Crippen molar-refractivity contribution >= 4 is 34.4 Å². The summed E-state index contributed by atoms with van der Waals surface area (Å²) in [6.07, 6.45) is 3.33. The molecule has 0 aliphatic rings. The van der Waals surface area contributed by atoms with Gasteiger partial charge < -0.3 is 22.1 Å². The summed E-state index contributed by atoms with van der Waals surface area (Å²) in [6.45, 7) is 0. The van der Waals surface area contributed by atoms with Gasteiger partial charge in [0.05, 0.1) is 12.4 Å². The summed E-state index contributed by atoms with van der Waals surface area (Å²) in [6, 6.07) is 14.9. The molecule has 3 aromatic rings. The highest BCUT2D eigenvalue weighted by Crippen LogP contribution is 2.18. The van der Waals surface area contributed by atoms with Gasteiger partial charge in [-0.1, -0.05) is 0 Å². The van der Waals surface area contributed by atoms with Crippen LogP contribution in [0.25, 0.3) is 0 Å². The number of hydrogen-bond donors (Lipinski definition) is 4. The summed E-state index contributed by atoms with van der Waals surface area (Å²) >= 11 is 0. The summed E-state index contributed by atoms with van der Waals surface area (Å²) in [7, 11) is 0. The van der Waals surface area contributed by atoms with E-state index in [1.807, 2.05) is 48.5 Å². The van der Waals surface area contributed by atoms with E-state index in [1.165, 1.54) is 0 Å². The molecule has 2 aromatic carbocycles. The van der Waals surface area contributed by atoms with E-state index in [0.717, 1.165) is 22.7 Å². The fraction of sp³-hybridized carbons (Fsp3) is 0. The van der Waals surface area contributed by atoms with E-state index in [9.17, 15) is 0 Å². The van der Waals surface area contributed by atoms with Gasteiger partial charge in [0, 0.05) is 22.7 Å².